The summed E-state index contributed by atoms with van der Waals surface area (Å²) in [6, 6.07) is 1.60. The molecule has 0 amide bonds. The molecule has 2 aromatic rings. The number of rotatable bonds is 3. The number of carbonyl (C=O) groups is 1. The molecule has 94 valence electrons. The maximum absolute atomic E-state index is 11.5. The van der Waals surface area contributed by atoms with Gasteiger partial charge in [0.15, 0.2) is 5.69 Å². The molecular formula is C11H11N3O4. The molecule has 0 spiro atoms. The van der Waals surface area contributed by atoms with Gasteiger partial charge >= 0.3 is 11.7 Å². The Hall–Kier alpha value is -2.44. The van der Waals surface area contributed by atoms with Crippen LogP contribution in [0.4, 0.5) is 5.69 Å². The largest absolute Gasteiger partial charge is 0.461 e. The van der Waals surface area contributed by atoms with Crippen molar-refractivity contribution in [3.8, 4) is 0 Å². The number of ether oxygens (including phenoxy) is 1. The molecule has 0 saturated heterocycles. The predicted molar refractivity (Wildman–Crippen MR) is 62.5 cm³/mol. The van der Waals surface area contributed by atoms with E-state index in [1.54, 1.807) is 26.1 Å². The van der Waals surface area contributed by atoms with Crippen molar-refractivity contribution >= 4 is 17.3 Å². The third-order valence-corrected chi connectivity index (χ3v) is 2.47. The Kier molecular flexibility index (Phi) is 2.97. The standard InChI is InChI=1S/C11H11N3O4/c1-3-18-11(15)8-6-13-5-4-7(2)9(14(16)17)10(13)12-8/h4-6H,3H2,1-2H3. The summed E-state index contributed by atoms with van der Waals surface area (Å²) in [5.41, 5.74) is 0.593. The summed E-state index contributed by atoms with van der Waals surface area (Å²) in [5, 5.41) is 11.0. The number of aromatic nitrogens is 2. The maximum Gasteiger partial charge on any atom is 0.358 e. The second kappa shape index (κ2) is 4.44. The van der Waals surface area contributed by atoms with Crippen LogP contribution < -0.4 is 0 Å². The van der Waals surface area contributed by atoms with Crippen LogP contribution in [0.15, 0.2) is 18.5 Å². The Bertz CT molecular complexity index is 632. The summed E-state index contributed by atoms with van der Waals surface area (Å²) in [6.07, 6.45) is 3.03. The predicted octanol–water partition coefficient (Wildman–Crippen LogP) is 1.73. The average Bonchev–Trinajstić information content (AvgIpc) is 2.72. The van der Waals surface area contributed by atoms with Gasteiger partial charge in [0, 0.05) is 18.0 Å². The highest BCUT2D eigenvalue weighted by Gasteiger charge is 2.21. The molecule has 0 aliphatic carbocycles. The third-order valence-electron chi connectivity index (χ3n) is 2.47. The van der Waals surface area contributed by atoms with E-state index in [1.165, 1.54) is 10.6 Å². The number of carbonyl (C=O) groups excluding carboxylic acids is 1. The lowest BCUT2D eigenvalue weighted by atomic mass is 10.2. The quantitative estimate of drug-likeness (QED) is 0.469. The summed E-state index contributed by atoms with van der Waals surface area (Å²) in [4.78, 5) is 25.9. The lowest BCUT2D eigenvalue weighted by Gasteiger charge is -1.98. The van der Waals surface area contributed by atoms with Crippen molar-refractivity contribution in [2.75, 3.05) is 6.61 Å². The van der Waals surface area contributed by atoms with Crippen LogP contribution >= 0.6 is 0 Å². The molecule has 18 heavy (non-hydrogen) atoms. The van der Waals surface area contributed by atoms with Crippen molar-refractivity contribution in [3.05, 3.63) is 39.8 Å². The average molecular weight is 249 g/mol. The topological polar surface area (TPSA) is 86.7 Å². The third kappa shape index (κ3) is 1.90. The van der Waals surface area contributed by atoms with Crippen LogP contribution in [0.5, 0.6) is 0 Å². The van der Waals surface area contributed by atoms with Crippen molar-refractivity contribution in [1.29, 1.82) is 0 Å². The number of nitrogens with zero attached hydrogens (tertiary/aromatic N) is 3. The van der Waals surface area contributed by atoms with Gasteiger partial charge in [-0.25, -0.2) is 9.78 Å². The number of hydrogen-bond donors (Lipinski definition) is 0. The first-order chi connectivity index (χ1) is 8.54. The number of aryl methyl sites for hydroxylation is 1. The first-order valence-electron chi connectivity index (χ1n) is 5.34. The number of esters is 1. The van der Waals surface area contributed by atoms with Gasteiger partial charge in [-0.3, -0.25) is 10.1 Å². The molecule has 7 nitrogen and oxygen atoms in total. The minimum absolute atomic E-state index is 0.0607. The Balaban J connectivity index is 2.61. The van der Waals surface area contributed by atoms with Gasteiger partial charge in [-0.15, -0.1) is 0 Å². The van der Waals surface area contributed by atoms with Gasteiger partial charge in [0.1, 0.15) is 0 Å². The highest BCUT2D eigenvalue weighted by Crippen LogP contribution is 2.23. The summed E-state index contributed by atoms with van der Waals surface area (Å²) in [6.45, 7) is 3.53. The number of fused-ring (bicyclic) bond motifs is 1. The van der Waals surface area contributed by atoms with Gasteiger partial charge in [0.2, 0.25) is 5.65 Å². The summed E-state index contributed by atoms with van der Waals surface area (Å²) in [5.74, 6) is -0.590. The molecule has 2 heterocycles. The first-order valence-corrected chi connectivity index (χ1v) is 5.34. The molecule has 2 aromatic heterocycles. The highest BCUT2D eigenvalue weighted by molar-refractivity contribution is 5.88. The zero-order valence-corrected chi connectivity index (χ0v) is 9.91. The van der Waals surface area contributed by atoms with Crippen molar-refractivity contribution in [2.24, 2.45) is 0 Å². The van der Waals surface area contributed by atoms with Crippen LogP contribution in [-0.4, -0.2) is 26.9 Å². The van der Waals surface area contributed by atoms with Gasteiger partial charge < -0.3 is 9.14 Å². The Morgan fingerprint density at radius 2 is 2.33 bits per heavy atom. The van der Waals surface area contributed by atoms with E-state index in [2.05, 4.69) is 4.98 Å². The van der Waals surface area contributed by atoms with E-state index >= 15 is 0 Å². The van der Waals surface area contributed by atoms with E-state index in [0.29, 0.717) is 5.56 Å². The van der Waals surface area contributed by atoms with Crippen molar-refractivity contribution in [3.63, 3.8) is 0 Å². The number of imidazole rings is 1. The zero-order chi connectivity index (χ0) is 13.3. The van der Waals surface area contributed by atoms with Gasteiger partial charge in [0.25, 0.3) is 0 Å². The van der Waals surface area contributed by atoms with E-state index in [4.69, 9.17) is 4.74 Å². The van der Waals surface area contributed by atoms with Crippen molar-refractivity contribution in [1.82, 2.24) is 9.38 Å². The lowest BCUT2D eigenvalue weighted by Crippen LogP contribution is -2.04. The monoisotopic (exact) mass is 249 g/mol. The highest BCUT2D eigenvalue weighted by atomic mass is 16.6. The van der Waals surface area contributed by atoms with Crippen LogP contribution in [0.2, 0.25) is 0 Å². The molecule has 0 atom stereocenters. The number of nitro groups is 1. The van der Waals surface area contributed by atoms with E-state index in [9.17, 15) is 14.9 Å². The Morgan fingerprint density at radius 1 is 1.61 bits per heavy atom. The summed E-state index contributed by atoms with van der Waals surface area (Å²) in [7, 11) is 0. The van der Waals surface area contributed by atoms with Crippen LogP contribution in [0.3, 0.4) is 0 Å². The molecule has 2 rings (SSSR count). The van der Waals surface area contributed by atoms with Crippen LogP contribution in [0.1, 0.15) is 23.0 Å². The number of pyridine rings is 1. The fourth-order valence-electron chi connectivity index (χ4n) is 1.66. The fraction of sp³-hybridized carbons (Fsp3) is 0.273. The normalized spacial score (nSPS) is 10.6. The molecular weight excluding hydrogens is 238 g/mol. The first kappa shape index (κ1) is 12.0. The van der Waals surface area contributed by atoms with E-state index in [1.807, 2.05) is 0 Å². The maximum atomic E-state index is 11.5. The van der Waals surface area contributed by atoms with Gasteiger partial charge in [-0.2, -0.15) is 0 Å². The Morgan fingerprint density at radius 3 is 2.94 bits per heavy atom. The van der Waals surface area contributed by atoms with Crippen molar-refractivity contribution < 1.29 is 14.5 Å². The van der Waals surface area contributed by atoms with Gasteiger partial charge in [-0.1, -0.05) is 0 Å². The van der Waals surface area contributed by atoms with E-state index in [0.717, 1.165) is 0 Å². The molecule has 0 aliphatic rings. The van der Waals surface area contributed by atoms with Crippen LogP contribution in [-0.2, 0) is 4.74 Å². The minimum atomic E-state index is -0.590. The molecule has 0 radical (unpaired) electrons. The van der Waals surface area contributed by atoms with E-state index in [-0.39, 0.29) is 23.6 Å². The molecule has 7 heteroatoms. The molecule has 0 aromatic carbocycles. The van der Waals surface area contributed by atoms with Crippen LogP contribution in [0.25, 0.3) is 5.65 Å². The zero-order valence-electron chi connectivity index (χ0n) is 9.91. The fourth-order valence-corrected chi connectivity index (χ4v) is 1.66. The van der Waals surface area contributed by atoms with Crippen molar-refractivity contribution in [2.45, 2.75) is 13.8 Å². The SMILES string of the molecule is CCOC(=O)c1cn2ccc(C)c([N+](=O)[O-])c2n1. The smallest absolute Gasteiger partial charge is 0.358 e. The summed E-state index contributed by atoms with van der Waals surface area (Å²) < 4.78 is 6.25. The molecule has 0 aliphatic heterocycles. The lowest BCUT2D eigenvalue weighted by molar-refractivity contribution is -0.384. The molecule has 0 unspecified atom stereocenters. The van der Waals surface area contributed by atoms with Crippen LogP contribution in [0, 0.1) is 17.0 Å². The Labute approximate surface area is 102 Å². The molecule has 0 fully saturated rings. The van der Waals surface area contributed by atoms with Gasteiger partial charge in [-0.05, 0) is 19.9 Å². The second-order valence-corrected chi connectivity index (χ2v) is 3.68. The second-order valence-electron chi connectivity index (χ2n) is 3.68. The van der Waals surface area contributed by atoms with E-state index < -0.39 is 10.9 Å². The number of hydrogen-bond acceptors (Lipinski definition) is 5. The minimum Gasteiger partial charge on any atom is -0.461 e. The molecule has 0 bridgehead atoms. The summed E-state index contributed by atoms with van der Waals surface area (Å²) >= 11 is 0. The van der Waals surface area contributed by atoms with Gasteiger partial charge in [0.05, 0.1) is 11.5 Å². The molecule has 0 N–H and O–H groups in total. The molecule has 0 saturated carbocycles.